The quantitative estimate of drug-likeness (QED) is 0.345. The highest BCUT2D eigenvalue weighted by atomic mass is 127. The third kappa shape index (κ3) is 6.65. The van der Waals surface area contributed by atoms with E-state index in [9.17, 15) is 0 Å². The van der Waals surface area contributed by atoms with Gasteiger partial charge in [-0.2, -0.15) is 0 Å². The molecule has 0 radical (unpaired) electrons. The summed E-state index contributed by atoms with van der Waals surface area (Å²) in [5, 5.41) is 3.42. The number of hydrogen-bond donors (Lipinski definition) is 1. The van der Waals surface area contributed by atoms with E-state index < -0.39 is 0 Å². The van der Waals surface area contributed by atoms with Crippen LogP contribution in [-0.2, 0) is 6.54 Å². The van der Waals surface area contributed by atoms with E-state index >= 15 is 0 Å². The topological polar surface area (TPSA) is 78.8 Å². The molecule has 3 heterocycles. The standard InChI is InChI=1S/C22H31N7O.HI/c1-2-23-21(28-12-14-29(15-13-28)22-24-10-5-11-25-22)27-17-18-8-9-20(26-16-18)30-19-6-3-4-7-19;/h5,8-11,16,19H,2-4,6-7,12-15,17H2,1H3,(H,23,27);1H. The molecule has 0 spiro atoms. The number of halogens is 1. The fraction of sp³-hybridized carbons (Fsp3) is 0.545. The molecule has 0 amide bonds. The van der Waals surface area contributed by atoms with Gasteiger partial charge >= 0.3 is 0 Å². The first-order valence-corrected chi connectivity index (χ1v) is 11.0. The van der Waals surface area contributed by atoms with E-state index in [1.54, 1.807) is 12.4 Å². The van der Waals surface area contributed by atoms with Crippen molar-refractivity contribution in [1.29, 1.82) is 0 Å². The van der Waals surface area contributed by atoms with Crippen LogP contribution in [0.2, 0.25) is 0 Å². The van der Waals surface area contributed by atoms with E-state index in [4.69, 9.17) is 9.73 Å². The van der Waals surface area contributed by atoms with Gasteiger partial charge in [0.2, 0.25) is 11.8 Å². The molecule has 0 aromatic carbocycles. The summed E-state index contributed by atoms with van der Waals surface area (Å²) in [4.78, 5) is 22.5. The fourth-order valence-electron chi connectivity index (χ4n) is 3.92. The fourth-order valence-corrected chi connectivity index (χ4v) is 3.92. The number of aliphatic imine (C=N–C) groups is 1. The molecule has 1 saturated heterocycles. The third-order valence-corrected chi connectivity index (χ3v) is 5.55. The second kappa shape index (κ2) is 12.0. The Morgan fingerprint density at radius 3 is 2.48 bits per heavy atom. The van der Waals surface area contributed by atoms with Crippen molar-refractivity contribution < 1.29 is 4.74 Å². The summed E-state index contributed by atoms with van der Waals surface area (Å²) >= 11 is 0. The number of aromatic nitrogens is 3. The lowest BCUT2D eigenvalue weighted by Crippen LogP contribution is -2.52. The summed E-state index contributed by atoms with van der Waals surface area (Å²) in [6.45, 7) is 7.06. The van der Waals surface area contributed by atoms with Crippen molar-refractivity contribution in [3.8, 4) is 5.88 Å². The number of guanidine groups is 1. The Bertz CT molecular complexity index is 804. The lowest BCUT2D eigenvalue weighted by molar-refractivity contribution is 0.201. The average Bonchev–Trinajstić information content (AvgIpc) is 3.31. The van der Waals surface area contributed by atoms with E-state index in [2.05, 4.69) is 43.1 Å². The van der Waals surface area contributed by atoms with Gasteiger partial charge in [0, 0.05) is 57.4 Å². The van der Waals surface area contributed by atoms with Crippen LogP contribution in [0.25, 0.3) is 0 Å². The molecule has 1 N–H and O–H groups in total. The van der Waals surface area contributed by atoms with Crippen molar-refractivity contribution in [1.82, 2.24) is 25.2 Å². The Balaban J connectivity index is 0.00000272. The summed E-state index contributed by atoms with van der Waals surface area (Å²) in [6.07, 6.45) is 10.6. The van der Waals surface area contributed by atoms with Gasteiger partial charge in [0.05, 0.1) is 6.54 Å². The van der Waals surface area contributed by atoms with Gasteiger partial charge in [0.15, 0.2) is 5.96 Å². The Labute approximate surface area is 201 Å². The first kappa shape index (κ1) is 23.5. The molecule has 2 aromatic rings. The molecule has 1 saturated carbocycles. The number of pyridine rings is 1. The maximum absolute atomic E-state index is 5.95. The van der Waals surface area contributed by atoms with Crippen LogP contribution in [0.1, 0.15) is 38.2 Å². The van der Waals surface area contributed by atoms with E-state index in [0.717, 1.165) is 68.9 Å². The summed E-state index contributed by atoms with van der Waals surface area (Å²) in [5.41, 5.74) is 1.08. The highest BCUT2D eigenvalue weighted by molar-refractivity contribution is 14.0. The maximum Gasteiger partial charge on any atom is 0.225 e. The Hall–Kier alpha value is -2.17. The molecule has 0 atom stereocenters. The van der Waals surface area contributed by atoms with Crippen molar-refractivity contribution in [2.75, 3.05) is 37.6 Å². The van der Waals surface area contributed by atoms with Gasteiger partial charge in [-0.25, -0.2) is 19.9 Å². The van der Waals surface area contributed by atoms with Crippen molar-refractivity contribution in [2.24, 2.45) is 4.99 Å². The van der Waals surface area contributed by atoms with Crippen LogP contribution in [0.5, 0.6) is 5.88 Å². The van der Waals surface area contributed by atoms with Crippen LogP contribution < -0.4 is 15.0 Å². The molecule has 4 rings (SSSR count). The number of piperazine rings is 1. The minimum Gasteiger partial charge on any atom is -0.474 e. The minimum absolute atomic E-state index is 0. The first-order chi connectivity index (χ1) is 14.8. The van der Waals surface area contributed by atoms with Gasteiger partial charge in [0.1, 0.15) is 6.10 Å². The molecule has 2 aliphatic rings. The van der Waals surface area contributed by atoms with Crippen LogP contribution >= 0.6 is 24.0 Å². The molecule has 2 aromatic heterocycles. The lowest BCUT2D eigenvalue weighted by atomic mass is 10.3. The molecule has 31 heavy (non-hydrogen) atoms. The van der Waals surface area contributed by atoms with Crippen molar-refractivity contribution in [3.05, 3.63) is 42.4 Å². The smallest absolute Gasteiger partial charge is 0.225 e. The summed E-state index contributed by atoms with van der Waals surface area (Å²) in [6, 6.07) is 5.88. The SMILES string of the molecule is CCNC(=NCc1ccc(OC2CCCC2)nc1)N1CCN(c2ncccn2)CC1.I. The third-order valence-electron chi connectivity index (χ3n) is 5.55. The predicted molar refractivity (Wildman–Crippen MR) is 133 cm³/mol. The predicted octanol–water partition coefficient (Wildman–Crippen LogP) is 3.10. The number of hydrogen-bond acceptors (Lipinski definition) is 6. The van der Waals surface area contributed by atoms with Crippen LogP contribution in [0, 0.1) is 0 Å². The summed E-state index contributed by atoms with van der Waals surface area (Å²) in [5.74, 6) is 2.46. The number of nitrogens with one attached hydrogen (secondary N) is 1. The van der Waals surface area contributed by atoms with E-state index in [0.29, 0.717) is 12.6 Å². The Morgan fingerprint density at radius 1 is 1.10 bits per heavy atom. The van der Waals surface area contributed by atoms with E-state index in [1.807, 2.05) is 18.3 Å². The van der Waals surface area contributed by atoms with Gasteiger partial charge < -0.3 is 19.9 Å². The Kier molecular flexibility index (Phi) is 9.11. The molecule has 1 aliphatic carbocycles. The number of anilines is 1. The zero-order chi connectivity index (χ0) is 20.6. The molecule has 0 unspecified atom stereocenters. The van der Waals surface area contributed by atoms with Gasteiger partial charge in [-0.15, -0.1) is 24.0 Å². The van der Waals surface area contributed by atoms with Gasteiger partial charge in [-0.1, -0.05) is 6.07 Å². The molecule has 2 fully saturated rings. The zero-order valence-electron chi connectivity index (χ0n) is 18.1. The molecule has 0 bridgehead atoms. The van der Waals surface area contributed by atoms with Crippen molar-refractivity contribution in [3.63, 3.8) is 0 Å². The normalized spacial score (nSPS) is 17.4. The second-order valence-electron chi connectivity index (χ2n) is 7.72. The number of nitrogens with zero attached hydrogens (tertiary/aromatic N) is 6. The summed E-state index contributed by atoms with van der Waals surface area (Å²) < 4.78 is 5.95. The largest absolute Gasteiger partial charge is 0.474 e. The van der Waals surface area contributed by atoms with Gasteiger partial charge in [-0.3, -0.25) is 0 Å². The highest BCUT2D eigenvalue weighted by Gasteiger charge is 2.21. The Morgan fingerprint density at radius 2 is 1.84 bits per heavy atom. The van der Waals surface area contributed by atoms with Crippen molar-refractivity contribution in [2.45, 2.75) is 45.3 Å². The average molecular weight is 537 g/mol. The van der Waals surface area contributed by atoms with Crippen molar-refractivity contribution >= 4 is 35.9 Å². The van der Waals surface area contributed by atoms with E-state index in [1.165, 1.54) is 12.8 Å². The van der Waals surface area contributed by atoms with Gasteiger partial charge in [-0.05, 0) is 44.2 Å². The molecular formula is C22H32IN7O. The minimum atomic E-state index is 0. The molecule has 1 aliphatic heterocycles. The molecule has 9 heteroatoms. The molecule has 8 nitrogen and oxygen atoms in total. The second-order valence-corrected chi connectivity index (χ2v) is 7.72. The van der Waals surface area contributed by atoms with Crippen LogP contribution in [-0.4, -0.2) is 64.6 Å². The van der Waals surface area contributed by atoms with Crippen LogP contribution in [0.3, 0.4) is 0 Å². The highest BCUT2D eigenvalue weighted by Crippen LogP contribution is 2.23. The van der Waals surface area contributed by atoms with Crippen LogP contribution in [0.4, 0.5) is 5.95 Å². The maximum atomic E-state index is 5.95. The van der Waals surface area contributed by atoms with Gasteiger partial charge in [0.25, 0.3) is 0 Å². The lowest BCUT2D eigenvalue weighted by Gasteiger charge is -2.36. The van der Waals surface area contributed by atoms with E-state index in [-0.39, 0.29) is 24.0 Å². The van der Waals surface area contributed by atoms with Crippen LogP contribution in [0.15, 0.2) is 41.8 Å². The molecular weight excluding hydrogens is 505 g/mol. The summed E-state index contributed by atoms with van der Waals surface area (Å²) in [7, 11) is 0. The first-order valence-electron chi connectivity index (χ1n) is 11.0. The number of rotatable bonds is 6. The number of ether oxygens (including phenoxy) is 1. The monoisotopic (exact) mass is 537 g/mol. The zero-order valence-corrected chi connectivity index (χ0v) is 20.4. The molecule has 168 valence electrons.